The number of piperazine rings is 1. The van der Waals surface area contributed by atoms with Crippen molar-refractivity contribution in [3.05, 3.63) is 34.9 Å². The van der Waals surface area contributed by atoms with E-state index < -0.39 is 17.1 Å². The number of carbonyl (C=O) groups is 2. The summed E-state index contributed by atoms with van der Waals surface area (Å²) in [6, 6.07) is 6.73. The molecule has 0 radical (unpaired) electrons. The van der Waals surface area contributed by atoms with Gasteiger partial charge in [-0.15, -0.1) is 0 Å². The first-order valence-electron chi connectivity index (χ1n) is 11.5. The van der Waals surface area contributed by atoms with Crippen LogP contribution in [0.1, 0.15) is 46.6 Å². The topological polar surface area (TPSA) is 76.1 Å². The summed E-state index contributed by atoms with van der Waals surface area (Å²) in [5, 5.41) is 19.2. The summed E-state index contributed by atoms with van der Waals surface area (Å²) in [5.41, 5.74) is -0.835. The molecule has 2 aliphatic heterocycles. The summed E-state index contributed by atoms with van der Waals surface area (Å²) in [4.78, 5) is 28.3. The van der Waals surface area contributed by atoms with E-state index in [0.717, 1.165) is 18.7 Å². The van der Waals surface area contributed by atoms with Gasteiger partial charge >= 0.3 is 0 Å². The van der Waals surface area contributed by atoms with E-state index in [4.69, 9.17) is 11.6 Å². The Hall–Kier alpha value is -1.67. The molecular formula is C24H37ClN4O3. The lowest BCUT2D eigenvalue weighted by Gasteiger charge is -2.52. The Kier molecular flexibility index (Phi) is 7.55. The number of hydrogen-bond acceptors (Lipinski definition) is 5. The molecule has 0 aliphatic carbocycles. The highest BCUT2D eigenvalue weighted by atomic mass is 35.5. The number of piperidine rings is 1. The molecule has 0 spiro atoms. The molecule has 7 nitrogen and oxygen atoms in total. The second-order valence-electron chi connectivity index (χ2n) is 10.0. The van der Waals surface area contributed by atoms with Crippen molar-refractivity contribution in [1.82, 2.24) is 20.2 Å². The van der Waals surface area contributed by atoms with E-state index in [2.05, 4.69) is 5.32 Å². The number of halogens is 1. The van der Waals surface area contributed by atoms with Crippen LogP contribution >= 0.6 is 11.6 Å². The fourth-order valence-electron chi connectivity index (χ4n) is 5.07. The number of nitrogens with one attached hydrogen (secondary N) is 1. The molecule has 1 aromatic rings. The fourth-order valence-corrected chi connectivity index (χ4v) is 5.20. The summed E-state index contributed by atoms with van der Waals surface area (Å²) >= 11 is 6.04. The average molecular weight is 465 g/mol. The molecule has 2 fully saturated rings. The molecule has 2 saturated heterocycles. The minimum atomic E-state index is -1.07. The molecular weight excluding hydrogens is 428 g/mol. The van der Waals surface area contributed by atoms with Gasteiger partial charge < -0.3 is 15.3 Å². The molecule has 8 heteroatoms. The lowest BCUT2D eigenvalue weighted by atomic mass is 9.66. The van der Waals surface area contributed by atoms with Gasteiger partial charge in [-0.25, -0.2) is 5.01 Å². The first-order chi connectivity index (χ1) is 15.0. The van der Waals surface area contributed by atoms with Gasteiger partial charge in [0.05, 0.1) is 5.60 Å². The van der Waals surface area contributed by atoms with Gasteiger partial charge in [0.1, 0.15) is 6.04 Å². The third-order valence-corrected chi connectivity index (χ3v) is 7.20. The summed E-state index contributed by atoms with van der Waals surface area (Å²) < 4.78 is 0. The van der Waals surface area contributed by atoms with E-state index in [1.165, 1.54) is 6.92 Å². The summed E-state index contributed by atoms with van der Waals surface area (Å²) in [6.45, 7) is 13.3. The fraction of sp³-hybridized carbons (Fsp3) is 0.667. The number of carbonyl (C=O) groups excluding carboxylic acids is 2. The Labute approximate surface area is 196 Å². The van der Waals surface area contributed by atoms with Crippen LogP contribution in [0.4, 0.5) is 0 Å². The van der Waals surface area contributed by atoms with Gasteiger partial charge in [-0.3, -0.25) is 14.6 Å². The smallest absolute Gasteiger partial charge is 0.247 e. The Bertz CT molecular complexity index is 823. The molecule has 3 rings (SSSR count). The van der Waals surface area contributed by atoms with Crippen molar-refractivity contribution in [3.8, 4) is 0 Å². The lowest BCUT2D eigenvalue weighted by molar-refractivity contribution is -0.176. The van der Waals surface area contributed by atoms with Crippen LogP contribution in [0, 0.1) is 11.3 Å². The highest BCUT2D eigenvalue weighted by Gasteiger charge is 2.51. The van der Waals surface area contributed by atoms with Crippen molar-refractivity contribution in [2.24, 2.45) is 11.3 Å². The van der Waals surface area contributed by atoms with Crippen LogP contribution < -0.4 is 5.32 Å². The number of amides is 2. The Balaban J connectivity index is 1.84. The molecule has 178 valence electrons. The van der Waals surface area contributed by atoms with Crippen molar-refractivity contribution >= 4 is 23.4 Å². The predicted octanol–water partition coefficient (Wildman–Crippen LogP) is 2.48. The molecule has 2 N–H and O–H groups in total. The van der Waals surface area contributed by atoms with Crippen LogP contribution in [-0.4, -0.2) is 77.1 Å². The van der Waals surface area contributed by atoms with Gasteiger partial charge in [0.15, 0.2) is 0 Å². The third-order valence-electron chi connectivity index (χ3n) is 6.95. The average Bonchev–Trinajstić information content (AvgIpc) is 2.74. The first-order valence-corrected chi connectivity index (χ1v) is 11.9. The minimum Gasteiger partial charge on any atom is -0.384 e. The zero-order valence-corrected chi connectivity index (χ0v) is 20.7. The van der Waals surface area contributed by atoms with Crippen LogP contribution in [0.3, 0.4) is 0 Å². The summed E-state index contributed by atoms with van der Waals surface area (Å²) in [7, 11) is 0. The zero-order chi connectivity index (χ0) is 23.7. The maximum Gasteiger partial charge on any atom is 0.247 e. The predicted molar refractivity (Wildman–Crippen MR) is 126 cm³/mol. The van der Waals surface area contributed by atoms with Gasteiger partial charge in [0.25, 0.3) is 0 Å². The van der Waals surface area contributed by atoms with Gasteiger partial charge in [0.2, 0.25) is 11.8 Å². The maximum atomic E-state index is 13.8. The van der Waals surface area contributed by atoms with E-state index in [9.17, 15) is 14.7 Å². The number of hydrazine groups is 1. The van der Waals surface area contributed by atoms with E-state index in [-0.39, 0.29) is 17.7 Å². The number of rotatable bonds is 5. The number of hydrogen-bond donors (Lipinski definition) is 2. The number of aliphatic hydroxyl groups is 1. The largest absolute Gasteiger partial charge is 0.384 e. The quantitative estimate of drug-likeness (QED) is 0.700. The van der Waals surface area contributed by atoms with Crippen LogP contribution in [0.25, 0.3) is 0 Å². The minimum absolute atomic E-state index is 0.0403. The molecule has 2 heterocycles. The van der Waals surface area contributed by atoms with E-state index in [0.29, 0.717) is 37.6 Å². The van der Waals surface area contributed by atoms with Gasteiger partial charge in [0, 0.05) is 56.6 Å². The second kappa shape index (κ2) is 9.67. The monoisotopic (exact) mass is 464 g/mol. The van der Waals surface area contributed by atoms with Gasteiger partial charge in [-0.1, -0.05) is 51.4 Å². The molecule has 1 aromatic carbocycles. The van der Waals surface area contributed by atoms with Crippen LogP contribution in [-0.2, 0) is 15.2 Å². The first kappa shape index (κ1) is 25.0. The van der Waals surface area contributed by atoms with E-state index in [1.54, 1.807) is 17.1 Å². The molecule has 2 aliphatic rings. The summed E-state index contributed by atoms with van der Waals surface area (Å²) in [6.07, 6.45) is 0.423. The third kappa shape index (κ3) is 4.81. The molecule has 0 saturated carbocycles. The lowest BCUT2D eigenvalue weighted by Crippen LogP contribution is -2.65. The van der Waals surface area contributed by atoms with Crippen molar-refractivity contribution in [2.45, 2.75) is 52.7 Å². The molecule has 0 aromatic heterocycles. The highest BCUT2D eigenvalue weighted by molar-refractivity contribution is 6.30. The Morgan fingerprint density at radius 1 is 1.12 bits per heavy atom. The van der Waals surface area contributed by atoms with Crippen molar-refractivity contribution in [3.63, 3.8) is 0 Å². The molecule has 32 heavy (non-hydrogen) atoms. The second-order valence-corrected chi connectivity index (χ2v) is 10.5. The van der Waals surface area contributed by atoms with E-state index >= 15 is 0 Å². The summed E-state index contributed by atoms with van der Waals surface area (Å²) in [5.74, 6) is -0.214. The number of likely N-dealkylation sites (tertiary alicyclic amines) is 1. The van der Waals surface area contributed by atoms with Gasteiger partial charge in [-0.2, -0.15) is 0 Å². The molecule has 2 amide bonds. The zero-order valence-electron chi connectivity index (χ0n) is 19.9. The maximum absolute atomic E-state index is 13.8. The molecule has 0 unspecified atom stereocenters. The van der Waals surface area contributed by atoms with Crippen LogP contribution in [0.2, 0.25) is 5.02 Å². The standard InChI is InChI=1S/C24H37ClN4O3/c1-17(2)21(29(18(3)30)28-14-11-26-12-15-28)22(31)27-13-10-24(32,23(4,5)16-27)19-6-8-20(25)9-7-19/h6-9,17,21,26,32H,10-16H2,1-5H3/t21-,24+/m1/s1. The van der Waals surface area contributed by atoms with Crippen molar-refractivity contribution in [1.29, 1.82) is 0 Å². The normalized spacial score (nSPS) is 24.9. The van der Waals surface area contributed by atoms with Crippen molar-refractivity contribution in [2.75, 3.05) is 39.3 Å². The number of nitrogens with zero attached hydrogens (tertiary/aromatic N) is 3. The van der Waals surface area contributed by atoms with Crippen LogP contribution in [0.5, 0.6) is 0 Å². The highest BCUT2D eigenvalue weighted by Crippen LogP contribution is 2.46. The Morgan fingerprint density at radius 2 is 1.72 bits per heavy atom. The molecule has 2 atom stereocenters. The van der Waals surface area contributed by atoms with Crippen LogP contribution in [0.15, 0.2) is 24.3 Å². The van der Waals surface area contributed by atoms with Crippen molar-refractivity contribution < 1.29 is 14.7 Å². The Morgan fingerprint density at radius 3 is 2.22 bits per heavy atom. The SMILES string of the molecule is CC(=O)N([C@@H](C(=O)N1CC[C@](O)(c2ccc(Cl)cc2)C(C)(C)C1)C(C)C)N1CCNCC1. The van der Waals surface area contributed by atoms with Gasteiger partial charge in [-0.05, 0) is 30.0 Å². The number of benzene rings is 1. The molecule has 0 bridgehead atoms. The van der Waals surface area contributed by atoms with E-state index in [1.807, 2.05) is 49.7 Å².